The Morgan fingerprint density at radius 3 is 2.56 bits per heavy atom. The third kappa shape index (κ3) is 3.19. The molecular formula is C14H15NO3. The Labute approximate surface area is 106 Å². The van der Waals surface area contributed by atoms with E-state index in [1.807, 2.05) is 6.07 Å². The van der Waals surface area contributed by atoms with Crippen molar-refractivity contribution in [3.05, 3.63) is 47.0 Å². The van der Waals surface area contributed by atoms with Crippen molar-refractivity contribution in [2.45, 2.75) is 20.0 Å². The van der Waals surface area contributed by atoms with E-state index >= 15 is 0 Å². The van der Waals surface area contributed by atoms with Gasteiger partial charge in [-0.3, -0.25) is 0 Å². The average molecular weight is 245 g/mol. The molecule has 0 bridgehead atoms. The van der Waals surface area contributed by atoms with Gasteiger partial charge in [-0.2, -0.15) is 5.26 Å². The highest BCUT2D eigenvalue weighted by Crippen LogP contribution is 2.22. The summed E-state index contributed by atoms with van der Waals surface area (Å²) in [4.78, 5) is 11.6. The number of aliphatic hydroxyl groups is 1. The summed E-state index contributed by atoms with van der Waals surface area (Å²) < 4.78 is 4.86. The SMILES string of the molecule is C/C=C(\C(=O)OCC)[C@H](O)c1ccc(C#N)cc1. The summed E-state index contributed by atoms with van der Waals surface area (Å²) in [6.45, 7) is 3.63. The summed E-state index contributed by atoms with van der Waals surface area (Å²) in [5, 5.41) is 18.8. The van der Waals surface area contributed by atoms with Crippen LogP contribution < -0.4 is 0 Å². The van der Waals surface area contributed by atoms with Gasteiger partial charge in [0.2, 0.25) is 0 Å². The number of carbonyl (C=O) groups excluding carboxylic acids is 1. The van der Waals surface area contributed by atoms with Crippen molar-refractivity contribution in [1.82, 2.24) is 0 Å². The number of nitrogens with zero attached hydrogens (tertiary/aromatic N) is 1. The predicted molar refractivity (Wildman–Crippen MR) is 66.5 cm³/mol. The zero-order valence-electron chi connectivity index (χ0n) is 10.4. The van der Waals surface area contributed by atoms with Crippen LogP contribution in [0.2, 0.25) is 0 Å². The Bertz CT molecular complexity index is 483. The number of aliphatic hydroxyl groups excluding tert-OH is 1. The number of esters is 1. The number of nitriles is 1. The molecule has 1 atom stereocenters. The van der Waals surface area contributed by atoms with Gasteiger partial charge in [-0.05, 0) is 31.5 Å². The third-order valence-electron chi connectivity index (χ3n) is 2.47. The van der Waals surface area contributed by atoms with Crippen LogP contribution in [-0.4, -0.2) is 17.7 Å². The number of hydrogen-bond acceptors (Lipinski definition) is 4. The molecule has 0 saturated carbocycles. The van der Waals surface area contributed by atoms with Crippen LogP contribution in [0.5, 0.6) is 0 Å². The molecule has 1 N–H and O–H groups in total. The summed E-state index contributed by atoms with van der Waals surface area (Å²) in [6, 6.07) is 8.41. The number of hydrogen-bond donors (Lipinski definition) is 1. The van der Waals surface area contributed by atoms with Gasteiger partial charge in [-0.1, -0.05) is 18.2 Å². The number of rotatable bonds is 4. The van der Waals surface area contributed by atoms with Gasteiger partial charge in [0.1, 0.15) is 6.10 Å². The van der Waals surface area contributed by atoms with Gasteiger partial charge in [0.25, 0.3) is 0 Å². The first-order valence-electron chi connectivity index (χ1n) is 5.65. The molecule has 0 saturated heterocycles. The molecule has 0 aliphatic rings. The predicted octanol–water partition coefficient (Wildman–Crippen LogP) is 2.10. The molecule has 4 nitrogen and oxygen atoms in total. The van der Waals surface area contributed by atoms with E-state index in [-0.39, 0.29) is 12.2 Å². The molecule has 1 rings (SSSR count). The molecule has 4 heteroatoms. The average Bonchev–Trinajstić information content (AvgIpc) is 2.40. The largest absolute Gasteiger partial charge is 0.463 e. The van der Waals surface area contributed by atoms with E-state index in [4.69, 9.17) is 10.00 Å². The van der Waals surface area contributed by atoms with Crippen LogP contribution in [0, 0.1) is 11.3 Å². The molecule has 0 fully saturated rings. The highest BCUT2D eigenvalue weighted by Gasteiger charge is 2.20. The van der Waals surface area contributed by atoms with Crippen LogP contribution in [-0.2, 0) is 9.53 Å². The maximum absolute atomic E-state index is 11.6. The first-order chi connectivity index (χ1) is 8.63. The summed E-state index contributed by atoms with van der Waals surface area (Å²) in [5.41, 5.74) is 1.25. The second-order valence-electron chi connectivity index (χ2n) is 3.60. The fourth-order valence-electron chi connectivity index (χ4n) is 1.52. The molecule has 0 radical (unpaired) electrons. The monoisotopic (exact) mass is 245 g/mol. The number of benzene rings is 1. The van der Waals surface area contributed by atoms with Crippen molar-refractivity contribution >= 4 is 5.97 Å². The molecule has 0 aliphatic heterocycles. The summed E-state index contributed by atoms with van der Waals surface area (Å²) in [7, 11) is 0. The maximum Gasteiger partial charge on any atom is 0.336 e. The second-order valence-corrected chi connectivity index (χ2v) is 3.60. The number of allylic oxidation sites excluding steroid dienone is 1. The van der Waals surface area contributed by atoms with Crippen LogP contribution in [0.4, 0.5) is 0 Å². The van der Waals surface area contributed by atoms with Crippen molar-refractivity contribution in [3.8, 4) is 6.07 Å². The van der Waals surface area contributed by atoms with Gasteiger partial charge >= 0.3 is 5.97 Å². The third-order valence-corrected chi connectivity index (χ3v) is 2.47. The first kappa shape index (κ1) is 13.9. The lowest BCUT2D eigenvalue weighted by atomic mass is 10.0. The van der Waals surface area contributed by atoms with Crippen molar-refractivity contribution in [2.75, 3.05) is 6.61 Å². The Balaban J connectivity index is 2.94. The lowest BCUT2D eigenvalue weighted by Crippen LogP contribution is -2.14. The molecule has 0 heterocycles. The van der Waals surface area contributed by atoms with Gasteiger partial charge in [-0.25, -0.2) is 4.79 Å². The van der Waals surface area contributed by atoms with Crippen molar-refractivity contribution < 1.29 is 14.6 Å². The van der Waals surface area contributed by atoms with Crippen molar-refractivity contribution in [2.24, 2.45) is 0 Å². The van der Waals surface area contributed by atoms with Crippen molar-refractivity contribution in [3.63, 3.8) is 0 Å². The van der Waals surface area contributed by atoms with E-state index < -0.39 is 12.1 Å². The first-order valence-corrected chi connectivity index (χ1v) is 5.65. The van der Waals surface area contributed by atoms with Crippen LogP contribution >= 0.6 is 0 Å². The minimum atomic E-state index is -1.04. The lowest BCUT2D eigenvalue weighted by Gasteiger charge is -2.14. The molecule has 18 heavy (non-hydrogen) atoms. The Morgan fingerprint density at radius 2 is 2.11 bits per heavy atom. The number of carbonyl (C=O) groups is 1. The Hall–Kier alpha value is -2.12. The highest BCUT2D eigenvalue weighted by atomic mass is 16.5. The smallest absolute Gasteiger partial charge is 0.336 e. The molecule has 1 aromatic carbocycles. The van der Waals surface area contributed by atoms with E-state index in [1.165, 1.54) is 6.08 Å². The van der Waals surface area contributed by atoms with Crippen molar-refractivity contribution in [1.29, 1.82) is 5.26 Å². The molecular weight excluding hydrogens is 230 g/mol. The molecule has 0 spiro atoms. The Morgan fingerprint density at radius 1 is 1.50 bits per heavy atom. The summed E-state index contributed by atoms with van der Waals surface area (Å²) in [5.74, 6) is -0.531. The van der Waals surface area contributed by atoms with E-state index in [9.17, 15) is 9.90 Å². The second kappa shape index (κ2) is 6.58. The zero-order valence-corrected chi connectivity index (χ0v) is 10.4. The molecule has 1 aromatic rings. The van der Waals surface area contributed by atoms with Gasteiger partial charge in [0, 0.05) is 0 Å². The van der Waals surface area contributed by atoms with E-state index in [1.54, 1.807) is 38.1 Å². The molecule has 0 amide bonds. The molecule has 0 unspecified atom stereocenters. The van der Waals surface area contributed by atoms with Crippen LogP contribution in [0.1, 0.15) is 31.1 Å². The summed E-state index contributed by atoms with van der Waals surface area (Å²) >= 11 is 0. The fraction of sp³-hybridized carbons (Fsp3) is 0.286. The minimum Gasteiger partial charge on any atom is -0.463 e. The molecule has 94 valence electrons. The van der Waals surface area contributed by atoms with Gasteiger partial charge < -0.3 is 9.84 Å². The van der Waals surface area contributed by atoms with Gasteiger partial charge in [-0.15, -0.1) is 0 Å². The molecule has 0 aliphatic carbocycles. The highest BCUT2D eigenvalue weighted by molar-refractivity contribution is 5.89. The minimum absolute atomic E-state index is 0.196. The lowest BCUT2D eigenvalue weighted by molar-refractivity contribution is -0.139. The van der Waals surface area contributed by atoms with E-state index in [2.05, 4.69) is 0 Å². The zero-order chi connectivity index (χ0) is 13.5. The Kier molecular flexibility index (Phi) is 5.09. The van der Waals surface area contributed by atoms with Gasteiger partial charge in [0.15, 0.2) is 0 Å². The van der Waals surface area contributed by atoms with Crippen LogP contribution in [0.15, 0.2) is 35.9 Å². The topological polar surface area (TPSA) is 70.3 Å². The molecule has 0 aromatic heterocycles. The quantitative estimate of drug-likeness (QED) is 0.651. The normalized spacial score (nSPS) is 12.7. The van der Waals surface area contributed by atoms with E-state index in [0.29, 0.717) is 11.1 Å². The van der Waals surface area contributed by atoms with Crippen LogP contribution in [0.25, 0.3) is 0 Å². The summed E-state index contributed by atoms with van der Waals surface area (Å²) in [6.07, 6.45) is 0.489. The van der Waals surface area contributed by atoms with Gasteiger partial charge in [0.05, 0.1) is 23.8 Å². The van der Waals surface area contributed by atoms with Crippen LogP contribution in [0.3, 0.4) is 0 Å². The standard InChI is InChI=1S/C14H15NO3/c1-3-12(14(17)18-4-2)13(16)11-7-5-10(9-15)6-8-11/h3,5-8,13,16H,4H2,1-2H3/b12-3-/t13-/m1/s1. The number of ether oxygens (including phenoxy) is 1. The fourth-order valence-corrected chi connectivity index (χ4v) is 1.52. The van der Waals surface area contributed by atoms with E-state index in [0.717, 1.165) is 0 Å². The maximum atomic E-state index is 11.6.